The first-order valence-electron chi connectivity index (χ1n) is 19.4. The van der Waals surface area contributed by atoms with Crippen LogP contribution >= 0.6 is 0 Å². The zero-order valence-electron chi connectivity index (χ0n) is 34.2. The molecular formula is C47H40F2N4O8S2. The second-order valence-electron chi connectivity index (χ2n) is 14.5. The molecule has 4 heterocycles. The Balaban J connectivity index is 0.000000189. The number of aromatic nitrogens is 4. The van der Waals surface area contributed by atoms with E-state index in [2.05, 4.69) is 9.97 Å². The Kier molecular flexibility index (Phi) is 12.7. The molecule has 0 saturated carbocycles. The Morgan fingerprint density at radius 2 is 1.02 bits per heavy atom. The topological polar surface area (TPSA) is 168 Å². The van der Waals surface area contributed by atoms with E-state index in [1.54, 1.807) is 82.8 Å². The quantitative estimate of drug-likeness (QED) is 0.119. The van der Waals surface area contributed by atoms with E-state index in [9.17, 15) is 40.3 Å². The predicted octanol–water partition coefficient (Wildman–Crippen LogP) is 8.07. The maximum absolute atomic E-state index is 14.1. The highest BCUT2D eigenvalue weighted by Gasteiger charge is 2.27. The van der Waals surface area contributed by atoms with Gasteiger partial charge in [0.1, 0.15) is 24.7 Å². The molecule has 0 aliphatic rings. The number of esters is 1. The first-order valence-corrected chi connectivity index (χ1v) is 22.4. The van der Waals surface area contributed by atoms with Crippen LogP contribution in [0.4, 0.5) is 8.78 Å². The van der Waals surface area contributed by atoms with Crippen LogP contribution in [0.2, 0.25) is 0 Å². The number of hydrogen-bond donors (Lipinski definition) is 1. The minimum Gasteiger partial charge on any atom is -0.480 e. The Labute approximate surface area is 361 Å². The fraction of sp³-hybridized carbons (Fsp3) is 0.149. The number of carbonyl (C=O) groups excluding carboxylic acids is 1. The molecule has 16 heteroatoms. The van der Waals surface area contributed by atoms with Crippen LogP contribution in [0.1, 0.15) is 33.6 Å². The average Bonchev–Trinajstić information content (AvgIpc) is 3.67. The maximum Gasteiger partial charge on any atom is 0.325 e. The fourth-order valence-electron chi connectivity index (χ4n) is 7.64. The average molecular weight is 891 g/mol. The highest BCUT2D eigenvalue weighted by molar-refractivity contribution is 7.91. The van der Waals surface area contributed by atoms with Gasteiger partial charge in [-0.15, -0.1) is 0 Å². The van der Waals surface area contributed by atoms with Gasteiger partial charge < -0.3 is 19.0 Å². The monoisotopic (exact) mass is 890 g/mol. The zero-order valence-corrected chi connectivity index (χ0v) is 35.8. The number of benzene rings is 4. The van der Waals surface area contributed by atoms with Crippen LogP contribution in [0.3, 0.4) is 0 Å². The van der Waals surface area contributed by atoms with Crippen molar-refractivity contribution in [1.82, 2.24) is 19.1 Å². The van der Waals surface area contributed by atoms with Crippen molar-refractivity contribution in [1.29, 1.82) is 0 Å². The van der Waals surface area contributed by atoms with Crippen LogP contribution in [0, 0.1) is 25.5 Å². The molecule has 0 spiro atoms. The summed E-state index contributed by atoms with van der Waals surface area (Å²) in [6, 6.07) is 31.3. The molecule has 0 amide bonds. The standard InChI is InChI=1S/C24H21FN2O4S.C23H19FN2O4S/c1-16-20(21-14-18(25)10-11-22(21)27(16)15-23(28)31-2)13-17-7-6-12-26-24(17)32(29,30)19-8-4-3-5-9-19;1-15-19(20-13-17(24)9-10-21(20)26(15)14-22(27)28)12-16-6-5-11-25-23(16)31(29,30)18-7-3-2-4-8-18/h3-12,14H,13,15H2,1-2H3;2-11,13H,12,14H2,1H3,(H,27,28). The molecule has 0 aliphatic heterocycles. The van der Waals surface area contributed by atoms with Gasteiger partial charge in [-0.3, -0.25) is 9.59 Å². The van der Waals surface area contributed by atoms with Gasteiger partial charge in [-0.2, -0.15) is 0 Å². The predicted molar refractivity (Wildman–Crippen MR) is 231 cm³/mol. The number of hydrogen-bond acceptors (Lipinski definition) is 9. The number of methoxy groups -OCH3 is 1. The second-order valence-corrected chi connectivity index (χ2v) is 18.2. The summed E-state index contributed by atoms with van der Waals surface area (Å²) in [5, 5.41) is 10.3. The van der Waals surface area contributed by atoms with Gasteiger partial charge in [0.25, 0.3) is 0 Å². The Bertz CT molecular complexity index is 3250. The zero-order chi connectivity index (χ0) is 45.1. The lowest BCUT2D eigenvalue weighted by molar-refractivity contribution is -0.141. The second kappa shape index (κ2) is 18.1. The number of rotatable bonds is 12. The summed E-state index contributed by atoms with van der Waals surface area (Å²) >= 11 is 0. The van der Waals surface area contributed by atoms with Crippen molar-refractivity contribution in [3.8, 4) is 0 Å². The number of sulfone groups is 2. The number of aliphatic carboxylic acids is 1. The molecule has 0 radical (unpaired) electrons. The number of carboxylic acids is 1. The van der Waals surface area contributed by atoms with Crippen molar-refractivity contribution in [2.24, 2.45) is 0 Å². The van der Waals surface area contributed by atoms with Crippen LogP contribution in [-0.4, -0.2) is 60.1 Å². The molecule has 0 atom stereocenters. The van der Waals surface area contributed by atoms with Gasteiger partial charge in [0, 0.05) is 58.4 Å². The third-order valence-corrected chi connectivity index (χ3v) is 14.2. The third-order valence-electron chi connectivity index (χ3n) is 10.7. The summed E-state index contributed by atoms with van der Waals surface area (Å²) in [6.07, 6.45) is 3.22. The van der Waals surface area contributed by atoms with E-state index in [0.29, 0.717) is 44.2 Å². The number of ether oxygens (including phenoxy) is 1. The maximum atomic E-state index is 14.1. The molecule has 12 nitrogen and oxygen atoms in total. The Morgan fingerprint density at radius 3 is 1.41 bits per heavy atom. The summed E-state index contributed by atoms with van der Waals surface area (Å²) in [5.41, 5.74) is 4.93. The van der Waals surface area contributed by atoms with Crippen molar-refractivity contribution >= 4 is 53.4 Å². The van der Waals surface area contributed by atoms with Crippen LogP contribution < -0.4 is 0 Å². The molecule has 4 aromatic heterocycles. The summed E-state index contributed by atoms with van der Waals surface area (Å²) in [5.74, 6) is -2.33. The summed E-state index contributed by atoms with van der Waals surface area (Å²) in [4.78, 5) is 31.9. The lowest BCUT2D eigenvalue weighted by Crippen LogP contribution is -2.13. The molecule has 8 aromatic rings. The number of fused-ring (bicyclic) bond motifs is 2. The molecular weight excluding hydrogens is 851 g/mol. The normalized spacial score (nSPS) is 11.6. The fourth-order valence-corrected chi connectivity index (χ4v) is 10.5. The first kappa shape index (κ1) is 44.0. The van der Waals surface area contributed by atoms with E-state index in [1.807, 2.05) is 6.92 Å². The molecule has 8 rings (SSSR count). The molecule has 63 heavy (non-hydrogen) atoms. The molecule has 0 bridgehead atoms. The lowest BCUT2D eigenvalue weighted by atomic mass is 10.0. The van der Waals surface area contributed by atoms with Gasteiger partial charge in [-0.25, -0.2) is 35.6 Å². The van der Waals surface area contributed by atoms with Crippen molar-refractivity contribution in [2.45, 2.75) is 59.6 Å². The van der Waals surface area contributed by atoms with E-state index in [0.717, 1.165) is 11.3 Å². The highest BCUT2D eigenvalue weighted by atomic mass is 32.2. The summed E-state index contributed by atoms with van der Waals surface area (Å²) in [6.45, 7) is 3.25. The van der Waals surface area contributed by atoms with Crippen molar-refractivity contribution in [2.75, 3.05) is 7.11 Å². The van der Waals surface area contributed by atoms with Crippen LogP contribution in [0.5, 0.6) is 0 Å². The Morgan fingerprint density at radius 1 is 0.603 bits per heavy atom. The molecule has 0 fully saturated rings. The van der Waals surface area contributed by atoms with Gasteiger partial charge in [0.15, 0.2) is 10.1 Å². The minimum absolute atomic E-state index is 0.0350. The van der Waals surface area contributed by atoms with Gasteiger partial charge in [0.05, 0.1) is 16.9 Å². The number of nitrogens with zero attached hydrogens (tertiary/aromatic N) is 4. The van der Waals surface area contributed by atoms with E-state index < -0.39 is 43.2 Å². The van der Waals surface area contributed by atoms with Crippen LogP contribution in [-0.2, 0) is 59.9 Å². The number of carboxylic acid groups (broad SMARTS) is 1. The molecule has 0 unspecified atom stereocenters. The smallest absolute Gasteiger partial charge is 0.325 e. The number of pyridine rings is 2. The molecule has 0 saturated heterocycles. The van der Waals surface area contributed by atoms with E-state index >= 15 is 0 Å². The van der Waals surface area contributed by atoms with E-state index in [4.69, 9.17) is 4.74 Å². The van der Waals surface area contributed by atoms with Crippen molar-refractivity contribution in [3.05, 3.63) is 179 Å². The Hall–Kier alpha value is -7.04. The third kappa shape index (κ3) is 8.99. The molecule has 1 N–H and O–H groups in total. The van der Waals surface area contributed by atoms with Gasteiger partial charge in [-0.05, 0) is 109 Å². The molecule has 322 valence electrons. The van der Waals surface area contributed by atoms with E-state index in [1.165, 1.54) is 74.1 Å². The van der Waals surface area contributed by atoms with E-state index in [-0.39, 0.29) is 45.8 Å². The molecule has 4 aromatic carbocycles. The van der Waals surface area contributed by atoms with Crippen molar-refractivity contribution in [3.63, 3.8) is 0 Å². The highest BCUT2D eigenvalue weighted by Crippen LogP contribution is 2.33. The minimum atomic E-state index is -3.86. The summed E-state index contributed by atoms with van der Waals surface area (Å²) in [7, 11) is -6.40. The van der Waals surface area contributed by atoms with Crippen LogP contribution in [0.15, 0.2) is 154 Å². The molecule has 0 aliphatic carbocycles. The number of halogens is 2. The largest absolute Gasteiger partial charge is 0.480 e. The van der Waals surface area contributed by atoms with Gasteiger partial charge in [0.2, 0.25) is 19.7 Å². The van der Waals surface area contributed by atoms with Crippen molar-refractivity contribution < 1.29 is 45.0 Å². The first-order chi connectivity index (χ1) is 30.1. The van der Waals surface area contributed by atoms with Gasteiger partial charge >= 0.3 is 11.9 Å². The summed E-state index contributed by atoms with van der Waals surface area (Å²) < 4.78 is 89.1. The van der Waals surface area contributed by atoms with Gasteiger partial charge in [-0.1, -0.05) is 48.5 Å². The SMILES string of the molecule is COC(=O)Cn1c(C)c(Cc2cccnc2S(=O)(=O)c2ccccc2)c2cc(F)ccc21.Cc1c(Cc2cccnc2S(=O)(=O)c2ccccc2)c2cc(F)ccc2n1CC(=O)O. The lowest BCUT2D eigenvalue weighted by Gasteiger charge is -2.11. The van der Waals surface area contributed by atoms with Crippen LogP contribution in [0.25, 0.3) is 21.8 Å². The number of carbonyl (C=O) groups is 2.